The summed E-state index contributed by atoms with van der Waals surface area (Å²) in [5.41, 5.74) is 11.7. The van der Waals surface area contributed by atoms with Crippen LogP contribution in [0.3, 0.4) is 0 Å². The van der Waals surface area contributed by atoms with Crippen LogP contribution in [-0.4, -0.2) is 19.3 Å². The highest BCUT2D eigenvalue weighted by Crippen LogP contribution is 2.06. The van der Waals surface area contributed by atoms with Gasteiger partial charge in [0.25, 0.3) is 0 Å². The zero-order chi connectivity index (χ0) is 8.69. The molecule has 0 aliphatic heterocycles. The SMILES string of the molecule is CC/C(=C\CCN)C(N)CF. The van der Waals surface area contributed by atoms with Crippen LogP contribution in [0.25, 0.3) is 0 Å². The first-order chi connectivity index (χ1) is 5.26. The van der Waals surface area contributed by atoms with Crippen molar-refractivity contribution in [3.8, 4) is 0 Å². The quantitative estimate of drug-likeness (QED) is 0.589. The number of hydrogen-bond donors (Lipinski definition) is 2. The molecule has 0 aromatic heterocycles. The number of rotatable bonds is 5. The van der Waals surface area contributed by atoms with Gasteiger partial charge in [0, 0.05) is 0 Å². The van der Waals surface area contributed by atoms with Gasteiger partial charge >= 0.3 is 0 Å². The van der Waals surface area contributed by atoms with Crippen LogP contribution in [0, 0.1) is 0 Å². The summed E-state index contributed by atoms with van der Waals surface area (Å²) in [6, 6.07) is -0.424. The van der Waals surface area contributed by atoms with E-state index < -0.39 is 12.7 Å². The van der Waals surface area contributed by atoms with Crippen LogP contribution in [0.2, 0.25) is 0 Å². The van der Waals surface area contributed by atoms with Crippen LogP contribution in [-0.2, 0) is 0 Å². The molecule has 3 heteroatoms. The lowest BCUT2D eigenvalue weighted by Gasteiger charge is -2.09. The van der Waals surface area contributed by atoms with Gasteiger partial charge < -0.3 is 11.5 Å². The molecule has 0 aliphatic carbocycles. The third-order valence-corrected chi connectivity index (χ3v) is 1.62. The fourth-order valence-corrected chi connectivity index (χ4v) is 0.926. The lowest BCUT2D eigenvalue weighted by atomic mass is 10.1. The first-order valence-corrected chi connectivity index (χ1v) is 3.96. The van der Waals surface area contributed by atoms with Crippen LogP contribution in [0.5, 0.6) is 0 Å². The molecule has 0 amide bonds. The molecule has 1 atom stereocenters. The summed E-state index contributed by atoms with van der Waals surface area (Å²) in [6.45, 7) is 2.09. The molecule has 0 rings (SSSR count). The van der Waals surface area contributed by atoms with E-state index in [4.69, 9.17) is 11.5 Å². The molecule has 0 aliphatic rings. The number of hydrogen-bond acceptors (Lipinski definition) is 2. The second kappa shape index (κ2) is 6.31. The van der Waals surface area contributed by atoms with Crippen molar-refractivity contribution >= 4 is 0 Å². The van der Waals surface area contributed by atoms with Crippen LogP contribution >= 0.6 is 0 Å². The summed E-state index contributed by atoms with van der Waals surface area (Å²) < 4.78 is 12.1. The number of alkyl halides is 1. The lowest BCUT2D eigenvalue weighted by Crippen LogP contribution is -2.24. The van der Waals surface area contributed by atoms with Crippen molar-refractivity contribution < 1.29 is 4.39 Å². The predicted molar refractivity (Wildman–Crippen MR) is 46.0 cm³/mol. The van der Waals surface area contributed by atoms with Crippen LogP contribution < -0.4 is 11.5 Å². The van der Waals surface area contributed by atoms with E-state index in [0.717, 1.165) is 18.4 Å². The minimum Gasteiger partial charge on any atom is -0.330 e. The molecular weight excluding hydrogens is 143 g/mol. The predicted octanol–water partition coefficient (Wildman–Crippen LogP) is 0.968. The highest BCUT2D eigenvalue weighted by Gasteiger charge is 2.04. The molecule has 0 saturated carbocycles. The lowest BCUT2D eigenvalue weighted by molar-refractivity contribution is 0.451. The van der Waals surface area contributed by atoms with Crippen molar-refractivity contribution in [2.24, 2.45) is 11.5 Å². The highest BCUT2D eigenvalue weighted by molar-refractivity contribution is 5.09. The Kier molecular flexibility index (Phi) is 6.07. The molecule has 0 spiro atoms. The van der Waals surface area contributed by atoms with Gasteiger partial charge in [-0.05, 0) is 19.4 Å². The average molecular weight is 160 g/mol. The van der Waals surface area contributed by atoms with Crippen molar-refractivity contribution in [3.05, 3.63) is 11.6 Å². The van der Waals surface area contributed by atoms with Gasteiger partial charge in [-0.25, -0.2) is 4.39 Å². The number of halogens is 1. The summed E-state index contributed by atoms with van der Waals surface area (Å²) in [5, 5.41) is 0. The van der Waals surface area contributed by atoms with Gasteiger partial charge in [0.15, 0.2) is 0 Å². The Morgan fingerprint density at radius 1 is 1.64 bits per heavy atom. The van der Waals surface area contributed by atoms with Gasteiger partial charge in [-0.1, -0.05) is 18.6 Å². The minimum absolute atomic E-state index is 0.424. The van der Waals surface area contributed by atoms with Crippen molar-refractivity contribution in [1.29, 1.82) is 0 Å². The summed E-state index contributed by atoms with van der Waals surface area (Å²) in [4.78, 5) is 0. The Morgan fingerprint density at radius 2 is 2.27 bits per heavy atom. The molecule has 0 fully saturated rings. The topological polar surface area (TPSA) is 52.0 Å². The molecule has 66 valence electrons. The Labute approximate surface area is 67.4 Å². The molecular formula is C8H17FN2. The number of nitrogens with two attached hydrogens (primary N) is 2. The van der Waals surface area contributed by atoms with E-state index in [1.165, 1.54) is 0 Å². The maximum Gasteiger partial charge on any atom is 0.108 e. The Balaban J connectivity index is 3.91. The summed E-state index contributed by atoms with van der Waals surface area (Å²) in [7, 11) is 0. The molecule has 0 aromatic rings. The first kappa shape index (κ1) is 10.6. The first-order valence-electron chi connectivity index (χ1n) is 3.96. The Hall–Kier alpha value is -0.410. The van der Waals surface area contributed by atoms with Gasteiger partial charge in [-0.15, -0.1) is 0 Å². The van der Waals surface area contributed by atoms with Gasteiger partial charge in [0.2, 0.25) is 0 Å². The van der Waals surface area contributed by atoms with E-state index in [9.17, 15) is 4.39 Å². The maximum atomic E-state index is 12.1. The van der Waals surface area contributed by atoms with E-state index in [1.54, 1.807) is 0 Å². The standard InChI is InChI=1S/C8H17FN2/c1-2-7(4-3-5-10)8(11)6-9/h4,8H,2-3,5-6,10-11H2,1H3/b7-4+. The van der Waals surface area contributed by atoms with Crippen molar-refractivity contribution in [2.75, 3.05) is 13.2 Å². The van der Waals surface area contributed by atoms with Gasteiger partial charge in [-0.3, -0.25) is 0 Å². The molecule has 4 N–H and O–H groups in total. The largest absolute Gasteiger partial charge is 0.330 e. The van der Waals surface area contributed by atoms with E-state index in [1.807, 2.05) is 13.0 Å². The monoisotopic (exact) mass is 160 g/mol. The zero-order valence-electron chi connectivity index (χ0n) is 7.02. The molecule has 0 bridgehead atoms. The second-order valence-electron chi connectivity index (χ2n) is 2.47. The van der Waals surface area contributed by atoms with E-state index in [2.05, 4.69) is 0 Å². The molecule has 0 radical (unpaired) electrons. The zero-order valence-corrected chi connectivity index (χ0v) is 7.02. The molecule has 11 heavy (non-hydrogen) atoms. The van der Waals surface area contributed by atoms with Gasteiger partial charge in [0.1, 0.15) is 6.67 Å². The average Bonchev–Trinajstić information content (AvgIpc) is 2.05. The maximum absolute atomic E-state index is 12.1. The second-order valence-corrected chi connectivity index (χ2v) is 2.47. The highest BCUT2D eigenvalue weighted by atomic mass is 19.1. The van der Waals surface area contributed by atoms with E-state index in [0.29, 0.717) is 6.54 Å². The molecule has 0 heterocycles. The Morgan fingerprint density at radius 3 is 2.64 bits per heavy atom. The van der Waals surface area contributed by atoms with Crippen LogP contribution in [0.15, 0.2) is 11.6 Å². The Bertz CT molecular complexity index is 123. The van der Waals surface area contributed by atoms with Crippen LogP contribution in [0.4, 0.5) is 4.39 Å². The molecule has 0 saturated heterocycles. The van der Waals surface area contributed by atoms with Crippen molar-refractivity contribution in [3.63, 3.8) is 0 Å². The van der Waals surface area contributed by atoms with Crippen molar-refractivity contribution in [2.45, 2.75) is 25.8 Å². The fraction of sp³-hybridized carbons (Fsp3) is 0.750. The normalized spacial score (nSPS) is 15.1. The van der Waals surface area contributed by atoms with E-state index >= 15 is 0 Å². The summed E-state index contributed by atoms with van der Waals surface area (Å²) >= 11 is 0. The fourth-order valence-electron chi connectivity index (χ4n) is 0.926. The molecule has 0 aromatic carbocycles. The summed E-state index contributed by atoms with van der Waals surface area (Å²) in [6.07, 6.45) is 3.53. The van der Waals surface area contributed by atoms with Gasteiger partial charge in [-0.2, -0.15) is 0 Å². The molecule has 2 nitrogen and oxygen atoms in total. The van der Waals surface area contributed by atoms with Gasteiger partial charge in [0.05, 0.1) is 6.04 Å². The molecule has 1 unspecified atom stereocenters. The third kappa shape index (κ3) is 4.11. The van der Waals surface area contributed by atoms with Crippen molar-refractivity contribution in [1.82, 2.24) is 0 Å². The van der Waals surface area contributed by atoms with Crippen LogP contribution in [0.1, 0.15) is 19.8 Å². The van der Waals surface area contributed by atoms with E-state index in [-0.39, 0.29) is 0 Å². The smallest absolute Gasteiger partial charge is 0.108 e. The third-order valence-electron chi connectivity index (χ3n) is 1.62. The summed E-state index contributed by atoms with van der Waals surface area (Å²) in [5.74, 6) is 0. The minimum atomic E-state index is -0.482.